The van der Waals surface area contributed by atoms with Crippen molar-refractivity contribution in [2.45, 2.75) is 38.1 Å². The third-order valence-electron chi connectivity index (χ3n) is 3.84. The Hall–Kier alpha value is -1.37. The van der Waals surface area contributed by atoms with Gasteiger partial charge in [-0.2, -0.15) is 0 Å². The number of aliphatic hydroxyl groups excluding tert-OH is 1. The number of rotatable bonds is 5. The van der Waals surface area contributed by atoms with E-state index in [4.69, 9.17) is 17.4 Å². The standard InChI is InChI=1S/C14H21ClN4O2/c15-12-8-10(9-17-13(12)18-16)14(21)19(6-7-20)11-4-2-1-3-5-11/h8-9,11,20H,1-7,16H2,(H,17,18). The molecule has 0 bridgehead atoms. The number of aliphatic hydroxyl groups is 1. The first-order valence-electron chi connectivity index (χ1n) is 7.21. The third kappa shape index (κ3) is 3.84. The van der Waals surface area contributed by atoms with E-state index in [2.05, 4.69) is 10.4 Å². The summed E-state index contributed by atoms with van der Waals surface area (Å²) in [5.41, 5.74) is 2.79. The maximum atomic E-state index is 12.7. The zero-order chi connectivity index (χ0) is 15.2. The summed E-state index contributed by atoms with van der Waals surface area (Å²) in [4.78, 5) is 18.4. The maximum Gasteiger partial charge on any atom is 0.255 e. The molecule has 1 aromatic heterocycles. The number of amides is 1. The number of pyridine rings is 1. The van der Waals surface area contributed by atoms with Crippen molar-refractivity contribution in [3.05, 3.63) is 22.8 Å². The average molecular weight is 313 g/mol. The summed E-state index contributed by atoms with van der Waals surface area (Å²) in [5, 5.41) is 9.54. The number of hydrogen-bond donors (Lipinski definition) is 3. The van der Waals surface area contributed by atoms with Crippen LogP contribution < -0.4 is 11.3 Å². The molecular weight excluding hydrogens is 292 g/mol. The van der Waals surface area contributed by atoms with Crippen molar-refractivity contribution in [1.82, 2.24) is 9.88 Å². The van der Waals surface area contributed by atoms with Crippen LogP contribution in [-0.2, 0) is 0 Å². The molecule has 1 aliphatic carbocycles. The Bertz CT molecular complexity index is 492. The minimum atomic E-state index is -0.145. The Balaban J connectivity index is 2.19. The van der Waals surface area contributed by atoms with Gasteiger partial charge < -0.3 is 15.4 Å². The van der Waals surface area contributed by atoms with Crippen LogP contribution in [0.3, 0.4) is 0 Å². The van der Waals surface area contributed by atoms with Crippen molar-refractivity contribution in [3.8, 4) is 0 Å². The van der Waals surface area contributed by atoms with E-state index in [1.807, 2.05) is 0 Å². The van der Waals surface area contributed by atoms with Crippen LogP contribution in [0.15, 0.2) is 12.3 Å². The molecule has 1 saturated carbocycles. The Morgan fingerprint density at radius 2 is 2.19 bits per heavy atom. The Kier molecular flexibility index (Phi) is 5.78. The van der Waals surface area contributed by atoms with Gasteiger partial charge in [0.1, 0.15) is 0 Å². The number of halogens is 1. The zero-order valence-corrected chi connectivity index (χ0v) is 12.6. The molecule has 0 spiro atoms. The Morgan fingerprint density at radius 3 is 2.76 bits per heavy atom. The molecule has 4 N–H and O–H groups in total. The van der Waals surface area contributed by atoms with E-state index in [1.54, 1.807) is 11.0 Å². The number of hydrogen-bond acceptors (Lipinski definition) is 5. The minimum absolute atomic E-state index is 0.0498. The summed E-state index contributed by atoms with van der Waals surface area (Å²) in [5.74, 6) is 5.46. The molecule has 0 unspecified atom stereocenters. The lowest BCUT2D eigenvalue weighted by atomic mass is 9.93. The van der Waals surface area contributed by atoms with E-state index < -0.39 is 0 Å². The number of nitrogen functional groups attached to an aromatic ring is 1. The fourth-order valence-electron chi connectivity index (χ4n) is 2.78. The van der Waals surface area contributed by atoms with E-state index in [1.165, 1.54) is 12.6 Å². The van der Waals surface area contributed by atoms with Crippen molar-refractivity contribution < 1.29 is 9.90 Å². The van der Waals surface area contributed by atoms with Crippen molar-refractivity contribution in [2.75, 3.05) is 18.6 Å². The molecular formula is C14H21ClN4O2. The number of aromatic nitrogens is 1. The SMILES string of the molecule is NNc1ncc(C(=O)N(CCO)C2CCCCC2)cc1Cl. The molecule has 1 amide bonds. The second-order valence-electron chi connectivity index (χ2n) is 5.21. The first-order chi connectivity index (χ1) is 10.2. The van der Waals surface area contributed by atoms with Crippen LogP contribution in [0, 0.1) is 0 Å². The van der Waals surface area contributed by atoms with Crippen molar-refractivity contribution in [3.63, 3.8) is 0 Å². The predicted octanol–water partition coefficient (Wildman–Crippen LogP) is 1.79. The van der Waals surface area contributed by atoms with Gasteiger partial charge in [-0.3, -0.25) is 4.79 Å². The van der Waals surface area contributed by atoms with Crippen LogP contribution in [0.2, 0.25) is 5.02 Å². The van der Waals surface area contributed by atoms with E-state index in [0.717, 1.165) is 25.7 Å². The fourth-order valence-corrected chi connectivity index (χ4v) is 3.00. The minimum Gasteiger partial charge on any atom is -0.395 e. The predicted molar refractivity (Wildman–Crippen MR) is 82.1 cm³/mol. The van der Waals surface area contributed by atoms with Crippen molar-refractivity contribution in [1.29, 1.82) is 0 Å². The lowest BCUT2D eigenvalue weighted by Crippen LogP contribution is -2.43. The molecule has 0 saturated heterocycles. The second kappa shape index (κ2) is 7.59. The summed E-state index contributed by atoms with van der Waals surface area (Å²) in [6, 6.07) is 1.74. The molecule has 21 heavy (non-hydrogen) atoms. The molecule has 0 radical (unpaired) electrons. The molecule has 0 aromatic carbocycles. The van der Waals surface area contributed by atoms with E-state index in [-0.39, 0.29) is 18.6 Å². The third-order valence-corrected chi connectivity index (χ3v) is 4.13. The molecule has 1 heterocycles. The second-order valence-corrected chi connectivity index (χ2v) is 5.62. The molecule has 0 atom stereocenters. The first kappa shape index (κ1) is 16.0. The lowest BCUT2D eigenvalue weighted by molar-refractivity contribution is 0.0585. The van der Waals surface area contributed by atoms with Gasteiger partial charge in [-0.25, -0.2) is 10.8 Å². The summed E-state index contributed by atoms with van der Waals surface area (Å²) >= 11 is 6.02. The van der Waals surface area contributed by atoms with E-state index >= 15 is 0 Å². The smallest absolute Gasteiger partial charge is 0.255 e. The summed E-state index contributed by atoms with van der Waals surface area (Å²) in [7, 11) is 0. The Labute approximate surface area is 129 Å². The molecule has 116 valence electrons. The highest BCUT2D eigenvalue weighted by Crippen LogP contribution is 2.25. The number of carbonyl (C=O) groups excluding carboxylic acids is 1. The average Bonchev–Trinajstić information content (AvgIpc) is 2.52. The molecule has 7 heteroatoms. The van der Waals surface area contributed by atoms with Crippen molar-refractivity contribution >= 4 is 23.3 Å². The number of nitrogens with one attached hydrogen (secondary N) is 1. The van der Waals surface area contributed by atoms with E-state index in [9.17, 15) is 9.90 Å². The first-order valence-corrected chi connectivity index (χ1v) is 7.59. The number of nitrogens with zero attached hydrogens (tertiary/aromatic N) is 2. The monoisotopic (exact) mass is 312 g/mol. The summed E-state index contributed by atoms with van der Waals surface area (Å²) in [6.07, 6.45) is 6.87. The highest BCUT2D eigenvalue weighted by molar-refractivity contribution is 6.33. The van der Waals surface area contributed by atoms with Crippen LogP contribution in [0.4, 0.5) is 5.82 Å². The molecule has 1 aliphatic rings. The van der Waals surface area contributed by atoms with E-state index in [0.29, 0.717) is 22.9 Å². The largest absolute Gasteiger partial charge is 0.395 e. The normalized spacial score (nSPS) is 15.8. The van der Waals surface area contributed by atoms with Crippen LogP contribution in [0.25, 0.3) is 0 Å². The molecule has 0 aliphatic heterocycles. The van der Waals surface area contributed by atoms with Crippen LogP contribution in [-0.4, -0.2) is 40.1 Å². The maximum absolute atomic E-state index is 12.7. The van der Waals surface area contributed by atoms with Gasteiger partial charge >= 0.3 is 0 Å². The lowest BCUT2D eigenvalue weighted by Gasteiger charge is -2.34. The van der Waals surface area contributed by atoms with Crippen LogP contribution in [0.5, 0.6) is 0 Å². The van der Waals surface area contributed by atoms with Gasteiger partial charge in [0.05, 0.1) is 17.2 Å². The number of anilines is 1. The summed E-state index contributed by atoms with van der Waals surface area (Å²) < 4.78 is 0. The molecule has 6 nitrogen and oxygen atoms in total. The zero-order valence-electron chi connectivity index (χ0n) is 11.9. The van der Waals surface area contributed by atoms with Gasteiger partial charge in [0, 0.05) is 18.8 Å². The fraction of sp³-hybridized carbons (Fsp3) is 0.571. The number of hydrazine groups is 1. The highest BCUT2D eigenvalue weighted by atomic mass is 35.5. The van der Waals surface area contributed by atoms with Gasteiger partial charge in [0.15, 0.2) is 5.82 Å². The molecule has 1 fully saturated rings. The molecule has 1 aromatic rings. The van der Waals surface area contributed by atoms with Crippen LogP contribution in [0.1, 0.15) is 42.5 Å². The molecule has 2 rings (SSSR count). The van der Waals surface area contributed by atoms with Gasteiger partial charge in [0.2, 0.25) is 0 Å². The van der Waals surface area contributed by atoms with Crippen LogP contribution >= 0.6 is 11.6 Å². The van der Waals surface area contributed by atoms with Gasteiger partial charge in [0.25, 0.3) is 5.91 Å². The van der Waals surface area contributed by atoms with Gasteiger partial charge in [-0.1, -0.05) is 30.9 Å². The van der Waals surface area contributed by atoms with Crippen molar-refractivity contribution in [2.24, 2.45) is 5.84 Å². The Morgan fingerprint density at radius 1 is 1.48 bits per heavy atom. The number of carbonyl (C=O) groups is 1. The van der Waals surface area contributed by atoms with Gasteiger partial charge in [-0.15, -0.1) is 0 Å². The highest BCUT2D eigenvalue weighted by Gasteiger charge is 2.26. The van der Waals surface area contributed by atoms with Gasteiger partial charge in [-0.05, 0) is 18.9 Å². The summed E-state index contributed by atoms with van der Waals surface area (Å²) in [6.45, 7) is 0.282. The number of nitrogens with two attached hydrogens (primary N) is 1. The quantitative estimate of drug-likeness (QED) is 0.569. The topological polar surface area (TPSA) is 91.5 Å².